The summed E-state index contributed by atoms with van der Waals surface area (Å²) in [7, 11) is 0. The van der Waals surface area contributed by atoms with Crippen LogP contribution in [0, 0.1) is 0 Å². The van der Waals surface area contributed by atoms with Gasteiger partial charge in [-0.25, -0.2) is 9.67 Å². The maximum atomic E-state index is 5.99. The number of halogens is 2. The molecule has 2 aromatic rings. The van der Waals surface area contributed by atoms with E-state index in [2.05, 4.69) is 15.1 Å². The lowest BCUT2D eigenvalue weighted by Crippen LogP contribution is -2.07. The molecule has 1 fully saturated rings. The molecule has 6 heteroatoms. The summed E-state index contributed by atoms with van der Waals surface area (Å²) in [5.41, 5.74) is 0.747. The number of hydrogen-bond donors (Lipinski definition) is 0. The second-order valence-electron chi connectivity index (χ2n) is 4.05. The fourth-order valence-corrected chi connectivity index (χ4v) is 2.70. The van der Waals surface area contributed by atoms with Gasteiger partial charge in [-0.05, 0) is 24.4 Å². The van der Waals surface area contributed by atoms with E-state index in [0.29, 0.717) is 11.2 Å². The van der Waals surface area contributed by atoms with E-state index < -0.39 is 0 Å². The molecular formula is C10H10Cl2N4. The molecule has 0 spiro atoms. The van der Waals surface area contributed by atoms with Crippen LogP contribution in [0.1, 0.15) is 31.7 Å². The van der Waals surface area contributed by atoms with Crippen molar-refractivity contribution in [3.8, 4) is 0 Å². The molecular weight excluding hydrogens is 247 g/mol. The Labute approximate surface area is 103 Å². The summed E-state index contributed by atoms with van der Waals surface area (Å²) < 4.78 is 1.93. The Hall–Kier alpha value is -0.870. The van der Waals surface area contributed by atoms with Gasteiger partial charge in [-0.2, -0.15) is 10.1 Å². The van der Waals surface area contributed by atoms with Gasteiger partial charge in [0.25, 0.3) is 0 Å². The van der Waals surface area contributed by atoms with Gasteiger partial charge in [0.15, 0.2) is 5.65 Å². The average molecular weight is 257 g/mol. The first kappa shape index (κ1) is 10.3. The molecule has 0 bridgehead atoms. The molecule has 0 unspecified atom stereocenters. The van der Waals surface area contributed by atoms with Gasteiger partial charge in [0, 0.05) is 0 Å². The third-order valence-corrected chi connectivity index (χ3v) is 3.51. The SMILES string of the molecule is Clc1nc(Cl)c2cnn(C3CCCC3)c2n1. The highest BCUT2D eigenvalue weighted by Crippen LogP contribution is 2.32. The molecule has 84 valence electrons. The average Bonchev–Trinajstić information content (AvgIpc) is 2.83. The van der Waals surface area contributed by atoms with Crippen LogP contribution in [-0.4, -0.2) is 19.7 Å². The predicted octanol–water partition coefficient (Wildman–Crippen LogP) is 3.25. The van der Waals surface area contributed by atoms with Crippen LogP contribution in [-0.2, 0) is 0 Å². The Morgan fingerprint density at radius 2 is 1.94 bits per heavy atom. The van der Waals surface area contributed by atoms with Crippen molar-refractivity contribution in [1.82, 2.24) is 19.7 Å². The second-order valence-corrected chi connectivity index (χ2v) is 4.74. The van der Waals surface area contributed by atoms with Crippen molar-refractivity contribution in [1.29, 1.82) is 0 Å². The van der Waals surface area contributed by atoms with Crippen LogP contribution < -0.4 is 0 Å². The Morgan fingerprint density at radius 3 is 2.69 bits per heavy atom. The zero-order valence-corrected chi connectivity index (χ0v) is 10.0. The third-order valence-electron chi connectivity index (χ3n) is 3.05. The monoisotopic (exact) mass is 256 g/mol. The van der Waals surface area contributed by atoms with Gasteiger partial charge >= 0.3 is 0 Å². The molecule has 0 aliphatic heterocycles. The van der Waals surface area contributed by atoms with Crippen molar-refractivity contribution >= 4 is 34.2 Å². The lowest BCUT2D eigenvalue weighted by molar-refractivity contribution is 0.478. The lowest BCUT2D eigenvalue weighted by Gasteiger charge is -2.10. The van der Waals surface area contributed by atoms with Crippen molar-refractivity contribution in [2.24, 2.45) is 0 Å². The number of aromatic nitrogens is 4. The molecule has 4 nitrogen and oxygen atoms in total. The first-order valence-electron chi connectivity index (χ1n) is 5.32. The van der Waals surface area contributed by atoms with Gasteiger partial charge in [0.05, 0.1) is 17.6 Å². The molecule has 0 saturated heterocycles. The van der Waals surface area contributed by atoms with Gasteiger partial charge in [0.2, 0.25) is 5.28 Å². The zero-order valence-electron chi connectivity index (χ0n) is 8.53. The highest BCUT2D eigenvalue weighted by atomic mass is 35.5. The van der Waals surface area contributed by atoms with Crippen LogP contribution in [0.25, 0.3) is 11.0 Å². The maximum absolute atomic E-state index is 5.99. The predicted molar refractivity (Wildman–Crippen MR) is 62.8 cm³/mol. The molecule has 0 N–H and O–H groups in total. The Balaban J connectivity index is 2.18. The van der Waals surface area contributed by atoms with Crippen LogP contribution in [0.4, 0.5) is 0 Å². The van der Waals surface area contributed by atoms with Gasteiger partial charge in [-0.1, -0.05) is 24.4 Å². The molecule has 1 aliphatic rings. The molecule has 1 aliphatic carbocycles. The Kier molecular flexibility index (Phi) is 2.48. The first-order chi connectivity index (χ1) is 7.75. The fraction of sp³-hybridized carbons (Fsp3) is 0.500. The van der Waals surface area contributed by atoms with E-state index in [0.717, 1.165) is 23.9 Å². The van der Waals surface area contributed by atoms with Crippen molar-refractivity contribution in [2.75, 3.05) is 0 Å². The first-order valence-corrected chi connectivity index (χ1v) is 6.07. The summed E-state index contributed by atoms with van der Waals surface area (Å²) >= 11 is 11.8. The van der Waals surface area contributed by atoms with Crippen molar-refractivity contribution in [2.45, 2.75) is 31.7 Å². The van der Waals surface area contributed by atoms with Crippen LogP contribution in [0.15, 0.2) is 6.20 Å². The highest BCUT2D eigenvalue weighted by Gasteiger charge is 2.21. The fourth-order valence-electron chi connectivity index (χ4n) is 2.28. The van der Waals surface area contributed by atoms with Crippen molar-refractivity contribution in [3.63, 3.8) is 0 Å². The van der Waals surface area contributed by atoms with E-state index in [9.17, 15) is 0 Å². The number of fused-ring (bicyclic) bond motifs is 1. The number of hydrogen-bond acceptors (Lipinski definition) is 3. The number of rotatable bonds is 1. The summed E-state index contributed by atoms with van der Waals surface area (Å²) in [5.74, 6) is 0. The van der Waals surface area contributed by atoms with Crippen LogP contribution in [0.2, 0.25) is 10.4 Å². The van der Waals surface area contributed by atoms with E-state index in [1.165, 1.54) is 12.8 Å². The molecule has 2 aromatic heterocycles. The number of nitrogens with zero attached hydrogens (tertiary/aromatic N) is 4. The topological polar surface area (TPSA) is 43.6 Å². The van der Waals surface area contributed by atoms with Crippen LogP contribution >= 0.6 is 23.2 Å². The summed E-state index contributed by atoms with van der Waals surface area (Å²) in [4.78, 5) is 8.12. The molecule has 0 amide bonds. The standard InChI is InChI=1S/C10H10Cl2N4/c11-8-7-5-13-16(6-3-1-2-4-6)9(7)15-10(12)14-8/h5-6H,1-4H2. The van der Waals surface area contributed by atoms with E-state index in [1.54, 1.807) is 6.20 Å². The van der Waals surface area contributed by atoms with Crippen LogP contribution in [0.5, 0.6) is 0 Å². The van der Waals surface area contributed by atoms with Gasteiger partial charge < -0.3 is 0 Å². The quantitative estimate of drug-likeness (QED) is 0.581. The molecule has 3 rings (SSSR count). The van der Waals surface area contributed by atoms with Gasteiger partial charge in [0.1, 0.15) is 5.15 Å². The van der Waals surface area contributed by atoms with Crippen molar-refractivity contribution < 1.29 is 0 Å². The summed E-state index contributed by atoms with van der Waals surface area (Å²) in [6.45, 7) is 0. The van der Waals surface area contributed by atoms with E-state index >= 15 is 0 Å². The minimum atomic E-state index is 0.178. The summed E-state index contributed by atoms with van der Waals surface area (Å²) in [5, 5.41) is 5.68. The van der Waals surface area contributed by atoms with Crippen molar-refractivity contribution in [3.05, 3.63) is 16.6 Å². The normalized spacial score (nSPS) is 17.4. The summed E-state index contributed by atoms with van der Waals surface area (Å²) in [6, 6.07) is 0.430. The smallest absolute Gasteiger partial charge is 0.225 e. The minimum Gasteiger partial charge on any atom is -0.244 e. The second kappa shape index (κ2) is 3.86. The third kappa shape index (κ3) is 1.57. The molecule has 0 atom stereocenters. The minimum absolute atomic E-state index is 0.178. The summed E-state index contributed by atoms with van der Waals surface area (Å²) in [6.07, 6.45) is 6.51. The molecule has 2 heterocycles. The largest absolute Gasteiger partial charge is 0.244 e. The van der Waals surface area contributed by atoms with Gasteiger partial charge in [-0.15, -0.1) is 0 Å². The van der Waals surface area contributed by atoms with E-state index in [1.807, 2.05) is 4.68 Å². The Morgan fingerprint density at radius 1 is 1.19 bits per heavy atom. The maximum Gasteiger partial charge on any atom is 0.225 e. The van der Waals surface area contributed by atoms with E-state index in [-0.39, 0.29) is 5.28 Å². The molecule has 0 aromatic carbocycles. The molecule has 16 heavy (non-hydrogen) atoms. The molecule has 0 radical (unpaired) electrons. The van der Waals surface area contributed by atoms with Crippen LogP contribution in [0.3, 0.4) is 0 Å². The zero-order chi connectivity index (χ0) is 11.1. The van der Waals surface area contributed by atoms with E-state index in [4.69, 9.17) is 23.2 Å². The van der Waals surface area contributed by atoms with Gasteiger partial charge in [-0.3, -0.25) is 0 Å². The highest BCUT2D eigenvalue weighted by molar-refractivity contribution is 6.35. The Bertz CT molecular complexity index is 531. The molecule has 1 saturated carbocycles. The lowest BCUT2D eigenvalue weighted by atomic mass is 10.2.